The lowest BCUT2D eigenvalue weighted by Crippen LogP contribution is -2.40. The average Bonchev–Trinajstić information content (AvgIpc) is 2.67. The first-order valence-corrected chi connectivity index (χ1v) is 6.32. The summed E-state index contributed by atoms with van der Waals surface area (Å²) in [6.45, 7) is 0.108. The molecule has 1 aromatic carbocycles. The molecule has 2 unspecified atom stereocenters. The molecule has 0 spiro atoms. The van der Waals surface area contributed by atoms with Crippen LogP contribution in [0.15, 0.2) is 30.3 Å². The third-order valence-corrected chi connectivity index (χ3v) is 3.45. The van der Waals surface area contributed by atoms with E-state index in [0.29, 0.717) is 5.56 Å². The monoisotopic (exact) mass is 276 g/mol. The molecular formula is C14H16N2O4. The zero-order chi connectivity index (χ0) is 14.7. The number of hydrogen-bond donors (Lipinski definition) is 2. The Bertz CT molecular complexity index is 529. The van der Waals surface area contributed by atoms with Crippen molar-refractivity contribution in [1.82, 2.24) is 10.2 Å². The zero-order valence-electron chi connectivity index (χ0n) is 11.1. The quantitative estimate of drug-likeness (QED) is 0.750. The number of benzene rings is 1. The molecule has 1 heterocycles. The number of likely N-dealkylation sites (tertiary alicyclic amines) is 1. The van der Waals surface area contributed by atoms with E-state index in [1.54, 1.807) is 24.3 Å². The third-order valence-electron chi connectivity index (χ3n) is 3.45. The number of carboxylic acids is 1. The Labute approximate surface area is 116 Å². The molecule has 2 rings (SSSR count). The van der Waals surface area contributed by atoms with E-state index in [1.807, 2.05) is 6.07 Å². The molecule has 1 aliphatic heterocycles. The van der Waals surface area contributed by atoms with Gasteiger partial charge in [-0.2, -0.15) is 0 Å². The van der Waals surface area contributed by atoms with Crippen molar-refractivity contribution in [1.29, 1.82) is 0 Å². The Morgan fingerprint density at radius 3 is 2.55 bits per heavy atom. The fraction of sp³-hybridized carbons (Fsp3) is 0.357. The maximum Gasteiger partial charge on any atom is 0.312 e. The lowest BCUT2D eigenvalue weighted by molar-refractivity contribution is -0.140. The van der Waals surface area contributed by atoms with Crippen LogP contribution in [0.25, 0.3) is 0 Å². The number of amides is 2. The van der Waals surface area contributed by atoms with Crippen molar-refractivity contribution in [3.63, 3.8) is 0 Å². The first-order chi connectivity index (χ1) is 9.50. The summed E-state index contributed by atoms with van der Waals surface area (Å²) in [6, 6.07) is 8.18. The van der Waals surface area contributed by atoms with Crippen molar-refractivity contribution in [2.75, 3.05) is 13.6 Å². The molecule has 2 amide bonds. The summed E-state index contributed by atoms with van der Waals surface area (Å²) >= 11 is 0. The molecule has 0 radical (unpaired) electrons. The molecule has 6 heteroatoms. The van der Waals surface area contributed by atoms with E-state index in [2.05, 4.69) is 5.32 Å². The minimum absolute atomic E-state index is 0.0798. The Balaban J connectivity index is 2.03. The number of rotatable bonds is 5. The summed E-state index contributed by atoms with van der Waals surface area (Å²) < 4.78 is 0. The molecule has 0 aliphatic carbocycles. The molecule has 0 aromatic heterocycles. The fourth-order valence-electron chi connectivity index (χ4n) is 2.21. The number of aliphatic carboxylic acids is 1. The zero-order valence-corrected chi connectivity index (χ0v) is 11.1. The summed E-state index contributed by atoms with van der Waals surface area (Å²) in [5.74, 6) is -2.27. The predicted octanol–water partition coefficient (Wildman–Crippen LogP) is 0.202. The number of imide groups is 1. The molecule has 1 fully saturated rings. The normalized spacial score (nSPS) is 20.2. The molecule has 0 bridgehead atoms. The number of carbonyl (C=O) groups excluding carboxylic acids is 2. The Hall–Kier alpha value is -2.21. The van der Waals surface area contributed by atoms with E-state index in [-0.39, 0.29) is 24.8 Å². The van der Waals surface area contributed by atoms with Crippen LogP contribution in [0.3, 0.4) is 0 Å². The van der Waals surface area contributed by atoms with Crippen LogP contribution in [-0.2, 0) is 14.4 Å². The number of nitrogens with one attached hydrogen (secondary N) is 1. The minimum atomic E-state index is -0.964. The van der Waals surface area contributed by atoms with E-state index in [0.717, 1.165) is 4.90 Å². The van der Waals surface area contributed by atoms with Crippen LogP contribution < -0.4 is 5.32 Å². The molecule has 6 nitrogen and oxygen atoms in total. The van der Waals surface area contributed by atoms with Gasteiger partial charge in [-0.3, -0.25) is 19.3 Å². The molecule has 1 aliphatic rings. The van der Waals surface area contributed by atoms with Gasteiger partial charge in [0.2, 0.25) is 11.8 Å². The van der Waals surface area contributed by atoms with Crippen LogP contribution in [0.1, 0.15) is 17.9 Å². The predicted molar refractivity (Wildman–Crippen MR) is 71.0 cm³/mol. The van der Waals surface area contributed by atoms with Gasteiger partial charge in [-0.15, -0.1) is 0 Å². The van der Waals surface area contributed by atoms with Gasteiger partial charge < -0.3 is 10.4 Å². The van der Waals surface area contributed by atoms with Crippen LogP contribution in [0, 0.1) is 0 Å². The Kier molecular flexibility index (Phi) is 4.14. The van der Waals surface area contributed by atoms with Gasteiger partial charge in [0.25, 0.3) is 0 Å². The maximum absolute atomic E-state index is 11.7. The molecule has 106 valence electrons. The second-order valence-electron chi connectivity index (χ2n) is 4.76. The smallest absolute Gasteiger partial charge is 0.312 e. The van der Waals surface area contributed by atoms with E-state index in [9.17, 15) is 19.5 Å². The second-order valence-corrected chi connectivity index (χ2v) is 4.76. The maximum atomic E-state index is 11.7. The first-order valence-electron chi connectivity index (χ1n) is 6.32. The van der Waals surface area contributed by atoms with Gasteiger partial charge in [-0.05, 0) is 5.56 Å². The minimum Gasteiger partial charge on any atom is -0.481 e. The van der Waals surface area contributed by atoms with Gasteiger partial charge in [0, 0.05) is 13.6 Å². The van der Waals surface area contributed by atoms with Crippen LogP contribution in [0.5, 0.6) is 0 Å². The van der Waals surface area contributed by atoms with Crippen LogP contribution in [0.4, 0.5) is 0 Å². The molecular weight excluding hydrogens is 260 g/mol. The number of carboxylic acid groups (broad SMARTS) is 1. The van der Waals surface area contributed by atoms with Crippen molar-refractivity contribution in [3.05, 3.63) is 35.9 Å². The fourth-order valence-corrected chi connectivity index (χ4v) is 2.21. The summed E-state index contributed by atoms with van der Waals surface area (Å²) in [5.41, 5.74) is 0.664. The average molecular weight is 276 g/mol. The van der Waals surface area contributed by atoms with Gasteiger partial charge in [-0.25, -0.2) is 0 Å². The van der Waals surface area contributed by atoms with Gasteiger partial charge in [-0.1, -0.05) is 30.3 Å². The molecule has 2 N–H and O–H groups in total. The molecule has 2 atom stereocenters. The van der Waals surface area contributed by atoms with Gasteiger partial charge >= 0.3 is 5.97 Å². The van der Waals surface area contributed by atoms with Crippen molar-refractivity contribution in [3.8, 4) is 0 Å². The molecule has 0 saturated carbocycles. The summed E-state index contributed by atoms with van der Waals surface area (Å²) in [6.07, 6.45) is 0.0798. The van der Waals surface area contributed by atoms with Crippen LogP contribution >= 0.6 is 0 Å². The number of carbonyl (C=O) groups is 3. The van der Waals surface area contributed by atoms with Crippen molar-refractivity contribution in [2.24, 2.45) is 0 Å². The standard InChI is InChI=1S/C14H16N2O4/c1-16-12(17)7-11(13(16)18)15-8-10(14(19)20)9-5-3-2-4-6-9/h2-6,10-11,15H,7-8H2,1H3,(H,19,20). The topological polar surface area (TPSA) is 86.7 Å². The molecule has 20 heavy (non-hydrogen) atoms. The Morgan fingerprint density at radius 1 is 1.40 bits per heavy atom. The lowest BCUT2D eigenvalue weighted by atomic mass is 9.99. The summed E-state index contributed by atoms with van der Waals surface area (Å²) in [5, 5.41) is 12.1. The third kappa shape index (κ3) is 2.85. The number of hydrogen-bond acceptors (Lipinski definition) is 4. The first kappa shape index (κ1) is 14.2. The van der Waals surface area contributed by atoms with Gasteiger partial charge in [0.1, 0.15) is 0 Å². The highest BCUT2D eigenvalue weighted by molar-refractivity contribution is 6.05. The van der Waals surface area contributed by atoms with Crippen molar-refractivity contribution < 1.29 is 19.5 Å². The van der Waals surface area contributed by atoms with Crippen molar-refractivity contribution in [2.45, 2.75) is 18.4 Å². The van der Waals surface area contributed by atoms with E-state index in [1.165, 1.54) is 7.05 Å². The molecule has 1 saturated heterocycles. The summed E-state index contributed by atoms with van der Waals surface area (Å²) in [4.78, 5) is 35.5. The number of likely N-dealkylation sites (N-methyl/N-ethyl adjacent to an activating group) is 1. The highest BCUT2D eigenvalue weighted by Gasteiger charge is 2.36. The van der Waals surface area contributed by atoms with Gasteiger partial charge in [0.05, 0.1) is 18.4 Å². The van der Waals surface area contributed by atoms with Gasteiger partial charge in [0.15, 0.2) is 0 Å². The highest BCUT2D eigenvalue weighted by atomic mass is 16.4. The lowest BCUT2D eigenvalue weighted by Gasteiger charge is -2.16. The molecule has 1 aromatic rings. The Morgan fingerprint density at radius 2 is 2.05 bits per heavy atom. The largest absolute Gasteiger partial charge is 0.481 e. The second kappa shape index (κ2) is 5.83. The summed E-state index contributed by atoms with van der Waals surface area (Å²) in [7, 11) is 1.43. The van der Waals surface area contributed by atoms with Crippen LogP contribution in [-0.4, -0.2) is 47.4 Å². The number of nitrogens with zero attached hydrogens (tertiary/aromatic N) is 1. The SMILES string of the molecule is CN1C(=O)CC(NCC(C(=O)O)c2ccccc2)C1=O. The highest BCUT2D eigenvalue weighted by Crippen LogP contribution is 2.17. The van der Waals surface area contributed by atoms with Crippen LogP contribution in [0.2, 0.25) is 0 Å². The van der Waals surface area contributed by atoms with E-state index >= 15 is 0 Å². The van der Waals surface area contributed by atoms with Crippen molar-refractivity contribution >= 4 is 17.8 Å². The van der Waals surface area contributed by atoms with E-state index < -0.39 is 17.9 Å². The van der Waals surface area contributed by atoms with E-state index in [4.69, 9.17) is 0 Å².